The molecule has 21 heavy (non-hydrogen) atoms. The first-order valence-electron chi connectivity index (χ1n) is 7.02. The predicted octanol–water partition coefficient (Wildman–Crippen LogP) is -0.884. The zero-order valence-corrected chi connectivity index (χ0v) is 12.4. The van der Waals surface area contributed by atoms with E-state index in [0.29, 0.717) is 32.6 Å². The van der Waals surface area contributed by atoms with Gasteiger partial charge in [0, 0.05) is 46.2 Å². The van der Waals surface area contributed by atoms with Crippen molar-refractivity contribution in [1.29, 1.82) is 0 Å². The number of nitrogens with two attached hydrogens (primary N) is 1. The van der Waals surface area contributed by atoms with E-state index in [0.717, 1.165) is 0 Å². The number of anilines is 2. The molecule has 0 radical (unpaired) electrons. The molecule has 0 bridgehead atoms. The highest BCUT2D eigenvalue weighted by Crippen LogP contribution is 2.24. The van der Waals surface area contributed by atoms with E-state index >= 15 is 0 Å². The minimum absolute atomic E-state index is 0.115. The van der Waals surface area contributed by atoms with E-state index in [1.807, 2.05) is 0 Å². The average molecular weight is 298 g/mol. The molecule has 0 aliphatic carbocycles. The van der Waals surface area contributed by atoms with Crippen LogP contribution in [0.3, 0.4) is 0 Å². The molecule has 0 aromatic carbocycles. The zero-order chi connectivity index (χ0) is 15.6. The summed E-state index contributed by atoms with van der Waals surface area (Å²) in [7, 11) is 1.68. The predicted molar refractivity (Wildman–Crippen MR) is 79.7 cm³/mol. The molecule has 1 aromatic heterocycles. The maximum Gasteiger partial charge on any atom is 0.330 e. The van der Waals surface area contributed by atoms with Gasteiger partial charge in [-0.05, 0) is 6.92 Å². The van der Waals surface area contributed by atoms with E-state index in [1.54, 1.807) is 18.9 Å². The van der Waals surface area contributed by atoms with Gasteiger partial charge in [-0.2, -0.15) is 0 Å². The lowest BCUT2D eigenvalue weighted by molar-refractivity contribution is -0.0572. The second kappa shape index (κ2) is 5.90. The quantitative estimate of drug-likeness (QED) is 0.665. The van der Waals surface area contributed by atoms with Crippen LogP contribution < -0.4 is 21.9 Å². The van der Waals surface area contributed by atoms with E-state index in [9.17, 15) is 14.7 Å². The number of ether oxygens (including phenoxy) is 1. The molecule has 1 aromatic rings. The number of H-pyrrole nitrogens is 1. The van der Waals surface area contributed by atoms with Gasteiger partial charge in [-0.15, -0.1) is 0 Å². The van der Waals surface area contributed by atoms with Crippen molar-refractivity contribution in [2.24, 2.45) is 0 Å². The van der Waals surface area contributed by atoms with Gasteiger partial charge in [0.15, 0.2) is 0 Å². The molecule has 1 saturated heterocycles. The molecule has 4 N–H and O–H groups in total. The van der Waals surface area contributed by atoms with Crippen LogP contribution in [0.5, 0.6) is 0 Å². The Morgan fingerprint density at radius 1 is 1.43 bits per heavy atom. The highest BCUT2D eigenvalue weighted by molar-refractivity contribution is 5.62. The minimum Gasteiger partial charge on any atom is -0.388 e. The Labute approximate surface area is 122 Å². The van der Waals surface area contributed by atoms with Gasteiger partial charge >= 0.3 is 5.69 Å². The first kappa shape index (κ1) is 15.6. The molecule has 1 aliphatic rings. The monoisotopic (exact) mass is 298 g/mol. The lowest BCUT2D eigenvalue weighted by Gasteiger charge is -2.36. The van der Waals surface area contributed by atoms with E-state index in [2.05, 4.69) is 4.98 Å². The SMILES string of the molecule is CCn1c(N)c(N(C)CC2(O)CCOCC2)c(=O)[nH]c1=O. The summed E-state index contributed by atoms with van der Waals surface area (Å²) in [5.74, 6) is 0.115. The third-order valence-electron chi connectivity index (χ3n) is 3.87. The lowest BCUT2D eigenvalue weighted by atomic mass is 9.94. The second-order valence-corrected chi connectivity index (χ2v) is 5.43. The van der Waals surface area contributed by atoms with Crippen LogP contribution in [0.4, 0.5) is 11.5 Å². The molecule has 8 nitrogen and oxygen atoms in total. The standard InChI is InChI=1S/C13H22N4O4/c1-3-17-10(14)9(11(18)15-12(17)19)16(2)8-13(20)4-6-21-7-5-13/h20H,3-8,14H2,1-2H3,(H,15,18,19). The van der Waals surface area contributed by atoms with E-state index < -0.39 is 16.9 Å². The van der Waals surface area contributed by atoms with Gasteiger partial charge < -0.3 is 20.5 Å². The molecule has 0 saturated carbocycles. The Morgan fingerprint density at radius 2 is 2.05 bits per heavy atom. The van der Waals surface area contributed by atoms with E-state index in [-0.39, 0.29) is 18.1 Å². The molecule has 0 unspecified atom stereocenters. The zero-order valence-electron chi connectivity index (χ0n) is 12.4. The molecule has 1 aliphatic heterocycles. The highest BCUT2D eigenvalue weighted by Gasteiger charge is 2.32. The fourth-order valence-electron chi connectivity index (χ4n) is 2.69. The first-order chi connectivity index (χ1) is 9.88. The first-order valence-corrected chi connectivity index (χ1v) is 7.02. The third kappa shape index (κ3) is 3.11. The number of nitrogens with one attached hydrogen (secondary N) is 1. The van der Waals surface area contributed by atoms with Crippen LogP contribution in [-0.2, 0) is 11.3 Å². The number of nitrogen functional groups attached to an aromatic ring is 1. The summed E-state index contributed by atoms with van der Waals surface area (Å²) in [5.41, 5.74) is 4.16. The van der Waals surface area contributed by atoms with Crippen molar-refractivity contribution in [3.8, 4) is 0 Å². The van der Waals surface area contributed by atoms with Gasteiger partial charge in [-0.25, -0.2) is 4.79 Å². The number of nitrogens with zero attached hydrogens (tertiary/aromatic N) is 2. The van der Waals surface area contributed by atoms with Gasteiger partial charge in [0.2, 0.25) is 0 Å². The smallest absolute Gasteiger partial charge is 0.330 e. The van der Waals surface area contributed by atoms with E-state index in [1.165, 1.54) is 4.57 Å². The molecule has 0 atom stereocenters. The molecule has 1 fully saturated rings. The second-order valence-electron chi connectivity index (χ2n) is 5.43. The fraction of sp³-hybridized carbons (Fsp3) is 0.692. The van der Waals surface area contributed by atoms with Gasteiger partial charge in [-0.1, -0.05) is 0 Å². The summed E-state index contributed by atoms with van der Waals surface area (Å²) in [6, 6.07) is 0. The summed E-state index contributed by atoms with van der Waals surface area (Å²) in [5, 5.41) is 10.5. The Hall–Kier alpha value is -1.80. The van der Waals surface area contributed by atoms with Crippen molar-refractivity contribution >= 4 is 11.5 Å². The lowest BCUT2D eigenvalue weighted by Crippen LogP contribution is -2.47. The Morgan fingerprint density at radius 3 is 2.62 bits per heavy atom. The number of aromatic amines is 1. The summed E-state index contributed by atoms with van der Waals surface area (Å²) < 4.78 is 6.53. The maximum absolute atomic E-state index is 12.0. The van der Waals surface area contributed by atoms with Gasteiger partial charge in [-0.3, -0.25) is 14.3 Å². The topological polar surface area (TPSA) is 114 Å². The Bertz CT molecular complexity index is 616. The summed E-state index contributed by atoms with van der Waals surface area (Å²) >= 11 is 0. The van der Waals surface area contributed by atoms with Crippen LogP contribution in [0.1, 0.15) is 19.8 Å². The van der Waals surface area contributed by atoms with Crippen LogP contribution in [-0.4, -0.2) is 47.1 Å². The number of likely N-dealkylation sites (N-methyl/N-ethyl adjacent to an activating group) is 1. The number of hydrogen-bond acceptors (Lipinski definition) is 6. The number of aromatic nitrogens is 2. The molecular formula is C13H22N4O4. The molecular weight excluding hydrogens is 276 g/mol. The number of aliphatic hydroxyl groups is 1. The van der Waals surface area contributed by atoms with Crippen LogP contribution in [0.2, 0.25) is 0 Å². The normalized spacial score (nSPS) is 17.7. The highest BCUT2D eigenvalue weighted by atomic mass is 16.5. The van der Waals surface area contributed by atoms with Gasteiger partial charge in [0.05, 0.1) is 5.60 Å². The van der Waals surface area contributed by atoms with Crippen molar-refractivity contribution in [3.05, 3.63) is 20.8 Å². The van der Waals surface area contributed by atoms with Crippen LogP contribution in [0.25, 0.3) is 0 Å². The molecule has 0 amide bonds. The Balaban J connectivity index is 2.33. The van der Waals surface area contributed by atoms with Crippen LogP contribution in [0.15, 0.2) is 9.59 Å². The molecule has 2 heterocycles. The molecule has 118 valence electrons. The van der Waals surface area contributed by atoms with Crippen molar-refractivity contribution in [2.75, 3.05) is 37.4 Å². The van der Waals surface area contributed by atoms with Crippen LogP contribution >= 0.6 is 0 Å². The Kier molecular flexibility index (Phi) is 4.38. The largest absolute Gasteiger partial charge is 0.388 e. The van der Waals surface area contributed by atoms with Crippen molar-refractivity contribution in [2.45, 2.75) is 31.9 Å². The van der Waals surface area contributed by atoms with Crippen molar-refractivity contribution in [3.63, 3.8) is 0 Å². The van der Waals surface area contributed by atoms with Crippen LogP contribution in [0, 0.1) is 0 Å². The van der Waals surface area contributed by atoms with E-state index in [4.69, 9.17) is 10.5 Å². The third-order valence-corrected chi connectivity index (χ3v) is 3.87. The number of hydrogen-bond donors (Lipinski definition) is 3. The minimum atomic E-state index is -0.918. The number of rotatable bonds is 4. The summed E-state index contributed by atoms with van der Waals surface area (Å²) in [4.78, 5) is 27.5. The molecule has 2 rings (SSSR count). The summed E-state index contributed by atoms with van der Waals surface area (Å²) in [6.07, 6.45) is 1.01. The average Bonchev–Trinajstić information content (AvgIpc) is 2.38. The van der Waals surface area contributed by atoms with Crippen molar-refractivity contribution in [1.82, 2.24) is 9.55 Å². The molecule has 8 heteroatoms. The fourth-order valence-corrected chi connectivity index (χ4v) is 2.69. The van der Waals surface area contributed by atoms with Gasteiger partial charge in [0.1, 0.15) is 11.5 Å². The van der Waals surface area contributed by atoms with Gasteiger partial charge in [0.25, 0.3) is 5.56 Å². The summed E-state index contributed by atoms with van der Waals surface area (Å²) in [6.45, 7) is 3.37. The van der Waals surface area contributed by atoms with Crippen molar-refractivity contribution < 1.29 is 9.84 Å². The molecule has 0 spiro atoms. The maximum atomic E-state index is 12.0.